The van der Waals surface area contributed by atoms with Crippen LogP contribution in [-0.2, 0) is 4.74 Å². The number of hydrogen-bond acceptors (Lipinski definition) is 7. The van der Waals surface area contributed by atoms with Gasteiger partial charge >= 0.3 is 5.97 Å². The second kappa shape index (κ2) is 8.99. The SMILES string of the molecule is CCOC(=O)c1c(NC(=O)c2cscn2)sc(C)c1-c1ccc(OCC)cc1. The lowest BCUT2D eigenvalue weighted by Gasteiger charge is -2.09. The van der Waals surface area contributed by atoms with Gasteiger partial charge in [0.2, 0.25) is 0 Å². The van der Waals surface area contributed by atoms with Crippen LogP contribution in [0, 0.1) is 6.92 Å². The van der Waals surface area contributed by atoms with Crippen molar-refractivity contribution in [1.82, 2.24) is 4.98 Å². The van der Waals surface area contributed by atoms with Gasteiger partial charge in [0, 0.05) is 15.8 Å². The molecular weight excluding hydrogens is 396 g/mol. The number of aromatic nitrogens is 1. The predicted octanol–water partition coefficient (Wildman–Crippen LogP) is 5.01. The van der Waals surface area contributed by atoms with Crippen LogP contribution in [0.2, 0.25) is 0 Å². The molecule has 1 aromatic carbocycles. The van der Waals surface area contributed by atoms with Crippen LogP contribution in [0.4, 0.5) is 5.00 Å². The fraction of sp³-hybridized carbons (Fsp3) is 0.250. The second-order valence-electron chi connectivity index (χ2n) is 5.74. The Labute approximate surface area is 171 Å². The predicted molar refractivity (Wildman–Crippen MR) is 112 cm³/mol. The smallest absolute Gasteiger partial charge is 0.341 e. The van der Waals surface area contributed by atoms with E-state index < -0.39 is 5.97 Å². The van der Waals surface area contributed by atoms with E-state index in [-0.39, 0.29) is 12.5 Å². The number of carbonyl (C=O) groups excluding carboxylic acids is 2. The molecule has 0 unspecified atom stereocenters. The number of thiazole rings is 1. The number of rotatable bonds is 7. The average molecular weight is 417 g/mol. The van der Waals surface area contributed by atoms with Crippen molar-refractivity contribution >= 4 is 39.6 Å². The maximum Gasteiger partial charge on any atom is 0.341 e. The molecule has 0 saturated heterocycles. The minimum absolute atomic E-state index is 0.246. The molecule has 28 heavy (non-hydrogen) atoms. The number of aryl methyl sites for hydroxylation is 1. The molecule has 0 bridgehead atoms. The van der Waals surface area contributed by atoms with Crippen LogP contribution >= 0.6 is 22.7 Å². The monoisotopic (exact) mass is 416 g/mol. The second-order valence-corrected chi connectivity index (χ2v) is 7.69. The van der Waals surface area contributed by atoms with Crippen molar-refractivity contribution in [1.29, 1.82) is 0 Å². The minimum Gasteiger partial charge on any atom is -0.494 e. The van der Waals surface area contributed by atoms with Gasteiger partial charge in [-0.25, -0.2) is 9.78 Å². The van der Waals surface area contributed by atoms with E-state index in [2.05, 4.69) is 10.3 Å². The quantitative estimate of drug-likeness (QED) is 0.548. The number of hydrogen-bond donors (Lipinski definition) is 1. The Morgan fingerprint density at radius 3 is 2.50 bits per heavy atom. The normalized spacial score (nSPS) is 10.5. The molecule has 8 heteroatoms. The van der Waals surface area contributed by atoms with Crippen molar-refractivity contribution in [3.05, 3.63) is 51.3 Å². The third-order valence-electron chi connectivity index (χ3n) is 3.91. The molecule has 0 radical (unpaired) electrons. The van der Waals surface area contributed by atoms with Gasteiger partial charge in [-0.05, 0) is 38.5 Å². The number of thiophene rings is 1. The molecule has 0 aliphatic carbocycles. The van der Waals surface area contributed by atoms with Crippen LogP contribution in [-0.4, -0.2) is 30.1 Å². The van der Waals surface area contributed by atoms with Gasteiger partial charge in [-0.3, -0.25) is 4.79 Å². The average Bonchev–Trinajstić information content (AvgIpc) is 3.31. The molecule has 3 aromatic rings. The third-order valence-corrected chi connectivity index (χ3v) is 5.52. The Balaban J connectivity index is 2.02. The van der Waals surface area contributed by atoms with Gasteiger partial charge in [-0.15, -0.1) is 22.7 Å². The lowest BCUT2D eigenvalue weighted by Crippen LogP contribution is -2.15. The Morgan fingerprint density at radius 2 is 1.89 bits per heavy atom. The number of anilines is 1. The highest BCUT2D eigenvalue weighted by atomic mass is 32.1. The van der Waals surface area contributed by atoms with Crippen molar-refractivity contribution in [2.75, 3.05) is 18.5 Å². The number of carbonyl (C=O) groups is 2. The summed E-state index contributed by atoms with van der Waals surface area (Å²) in [5, 5.41) is 4.93. The van der Waals surface area contributed by atoms with Gasteiger partial charge < -0.3 is 14.8 Å². The number of amides is 1. The van der Waals surface area contributed by atoms with Gasteiger partial charge in [0.05, 0.1) is 18.7 Å². The zero-order valence-electron chi connectivity index (χ0n) is 15.8. The van der Waals surface area contributed by atoms with Crippen LogP contribution in [0.5, 0.6) is 5.75 Å². The van der Waals surface area contributed by atoms with Crippen molar-refractivity contribution < 1.29 is 19.1 Å². The van der Waals surface area contributed by atoms with E-state index in [1.165, 1.54) is 22.7 Å². The first kappa shape index (κ1) is 20.0. The summed E-state index contributed by atoms with van der Waals surface area (Å²) in [6, 6.07) is 7.51. The molecule has 0 spiro atoms. The Bertz CT molecular complexity index is 963. The van der Waals surface area contributed by atoms with Crippen LogP contribution in [0.25, 0.3) is 11.1 Å². The van der Waals surface area contributed by atoms with Gasteiger partial charge in [0.1, 0.15) is 22.0 Å². The first-order valence-corrected chi connectivity index (χ1v) is 10.5. The molecule has 0 saturated carbocycles. The van der Waals surface area contributed by atoms with Gasteiger partial charge in [0.25, 0.3) is 5.91 Å². The van der Waals surface area contributed by atoms with Gasteiger partial charge in [-0.2, -0.15) is 0 Å². The highest BCUT2D eigenvalue weighted by Gasteiger charge is 2.26. The Kier molecular flexibility index (Phi) is 6.43. The molecule has 1 amide bonds. The first-order valence-electron chi connectivity index (χ1n) is 8.78. The van der Waals surface area contributed by atoms with Crippen LogP contribution in [0.1, 0.15) is 39.6 Å². The molecule has 6 nitrogen and oxygen atoms in total. The standard InChI is InChI=1S/C20H20N2O4S2/c1-4-25-14-8-6-13(7-9-14)16-12(3)28-19(17(16)20(24)26-5-2)22-18(23)15-10-27-11-21-15/h6-11H,4-5H2,1-3H3,(H,22,23). The fourth-order valence-corrected chi connectivity index (χ4v) is 4.35. The zero-order valence-corrected chi connectivity index (χ0v) is 17.4. The van der Waals surface area contributed by atoms with Crippen molar-refractivity contribution in [2.45, 2.75) is 20.8 Å². The largest absolute Gasteiger partial charge is 0.494 e. The molecule has 0 atom stereocenters. The van der Waals surface area contributed by atoms with E-state index in [4.69, 9.17) is 9.47 Å². The molecule has 3 rings (SSSR count). The van der Waals surface area contributed by atoms with E-state index in [0.29, 0.717) is 22.9 Å². The number of ether oxygens (including phenoxy) is 2. The zero-order chi connectivity index (χ0) is 20.1. The summed E-state index contributed by atoms with van der Waals surface area (Å²) in [5.41, 5.74) is 3.87. The van der Waals surface area contributed by atoms with E-state index in [1.54, 1.807) is 17.8 Å². The number of benzene rings is 1. The molecule has 2 aromatic heterocycles. The first-order chi connectivity index (χ1) is 13.5. The van der Waals surface area contributed by atoms with Crippen LogP contribution < -0.4 is 10.1 Å². The van der Waals surface area contributed by atoms with Gasteiger partial charge in [-0.1, -0.05) is 12.1 Å². The molecule has 0 fully saturated rings. The van der Waals surface area contributed by atoms with Crippen molar-refractivity contribution in [3.63, 3.8) is 0 Å². The number of esters is 1. The summed E-state index contributed by atoms with van der Waals surface area (Å²) in [7, 11) is 0. The third kappa shape index (κ3) is 4.23. The van der Waals surface area contributed by atoms with Crippen molar-refractivity contribution in [3.8, 4) is 16.9 Å². The maximum atomic E-state index is 12.7. The van der Waals surface area contributed by atoms with Gasteiger partial charge in [0.15, 0.2) is 0 Å². The summed E-state index contributed by atoms with van der Waals surface area (Å²) in [5.74, 6) is -0.0653. The van der Waals surface area contributed by atoms with Crippen molar-refractivity contribution in [2.24, 2.45) is 0 Å². The van der Waals surface area contributed by atoms with E-state index in [0.717, 1.165) is 21.8 Å². The van der Waals surface area contributed by atoms with E-state index >= 15 is 0 Å². The minimum atomic E-state index is -0.468. The fourth-order valence-electron chi connectivity index (χ4n) is 2.75. The van der Waals surface area contributed by atoms with E-state index in [1.807, 2.05) is 38.1 Å². The summed E-state index contributed by atoms with van der Waals surface area (Å²) >= 11 is 2.68. The summed E-state index contributed by atoms with van der Waals surface area (Å²) in [6.07, 6.45) is 0. The molecular formula is C20H20N2O4S2. The maximum absolute atomic E-state index is 12.7. The lowest BCUT2D eigenvalue weighted by molar-refractivity contribution is 0.0529. The molecule has 0 aliphatic rings. The lowest BCUT2D eigenvalue weighted by atomic mass is 10.0. The Hall–Kier alpha value is -2.71. The summed E-state index contributed by atoms with van der Waals surface area (Å²) in [6.45, 7) is 6.42. The number of nitrogens with one attached hydrogen (secondary N) is 1. The summed E-state index contributed by atoms with van der Waals surface area (Å²) in [4.78, 5) is 30.1. The molecule has 1 N–H and O–H groups in total. The highest BCUT2D eigenvalue weighted by molar-refractivity contribution is 7.17. The topological polar surface area (TPSA) is 77.5 Å². The van der Waals surface area contributed by atoms with Crippen LogP contribution in [0.15, 0.2) is 35.2 Å². The molecule has 0 aliphatic heterocycles. The Morgan fingerprint density at radius 1 is 1.14 bits per heavy atom. The number of nitrogens with zero attached hydrogens (tertiary/aromatic N) is 1. The highest BCUT2D eigenvalue weighted by Crippen LogP contribution is 2.41. The van der Waals surface area contributed by atoms with E-state index in [9.17, 15) is 9.59 Å². The van der Waals surface area contributed by atoms with Crippen LogP contribution in [0.3, 0.4) is 0 Å². The molecule has 146 valence electrons. The summed E-state index contributed by atoms with van der Waals surface area (Å²) < 4.78 is 10.7. The molecule has 2 heterocycles.